The first-order valence-corrected chi connectivity index (χ1v) is 5.94. The Morgan fingerprint density at radius 3 is 2.88 bits per heavy atom. The van der Waals surface area contributed by atoms with E-state index < -0.39 is 0 Å². The van der Waals surface area contributed by atoms with Crippen LogP contribution in [0, 0.1) is 0 Å². The summed E-state index contributed by atoms with van der Waals surface area (Å²) in [5, 5.41) is 6.16. The van der Waals surface area contributed by atoms with Gasteiger partial charge >= 0.3 is 0 Å². The summed E-state index contributed by atoms with van der Waals surface area (Å²) in [4.78, 5) is 24.8. The molecule has 2 heterocycles. The number of hydrogen-bond acceptors (Lipinski definition) is 3. The highest BCUT2D eigenvalue weighted by atomic mass is 16.2. The van der Waals surface area contributed by atoms with Crippen LogP contribution in [-0.4, -0.2) is 48.9 Å². The number of likely N-dealkylation sites (N-methyl/N-ethyl adjacent to an activating group) is 1. The predicted octanol–water partition coefficient (Wildman–Crippen LogP) is -0.525. The van der Waals surface area contributed by atoms with Gasteiger partial charge in [0.25, 0.3) is 0 Å². The minimum absolute atomic E-state index is 0.0825. The van der Waals surface area contributed by atoms with Crippen LogP contribution in [0.4, 0.5) is 0 Å². The first-order valence-electron chi connectivity index (χ1n) is 5.94. The van der Waals surface area contributed by atoms with E-state index >= 15 is 0 Å². The lowest BCUT2D eigenvalue weighted by atomic mass is 10.1. The minimum atomic E-state index is -0.0825. The molecule has 2 amide bonds. The fourth-order valence-corrected chi connectivity index (χ4v) is 2.38. The fraction of sp³-hybridized carbons (Fsp3) is 0.818. The lowest BCUT2D eigenvalue weighted by molar-refractivity contribution is -0.129. The number of nitrogens with zero attached hydrogens (tertiary/aromatic N) is 1. The van der Waals surface area contributed by atoms with Gasteiger partial charge < -0.3 is 15.5 Å². The minimum Gasteiger partial charge on any atom is -0.356 e. The van der Waals surface area contributed by atoms with Gasteiger partial charge in [-0.2, -0.15) is 0 Å². The Morgan fingerprint density at radius 2 is 2.19 bits per heavy atom. The van der Waals surface area contributed by atoms with Crippen molar-refractivity contribution in [2.75, 3.05) is 20.1 Å². The van der Waals surface area contributed by atoms with Crippen molar-refractivity contribution >= 4 is 11.8 Å². The number of likely N-dealkylation sites (tertiary alicyclic amines) is 1. The summed E-state index contributed by atoms with van der Waals surface area (Å²) in [5.74, 6) is 0.249. The molecule has 0 radical (unpaired) electrons. The van der Waals surface area contributed by atoms with Crippen LogP contribution in [0.2, 0.25) is 0 Å². The van der Waals surface area contributed by atoms with Crippen LogP contribution in [0.25, 0.3) is 0 Å². The maximum absolute atomic E-state index is 11.7. The van der Waals surface area contributed by atoms with Crippen molar-refractivity contribution in [3.05, 3.63) is 0 Å². The normalized spacial score (nSPS) is 31.4. The van der Waals surface area contributed by atoms with Gasteiger partial charge in [0.15, 0.2) is 0 Å². The third-order valence-electron chi connectivity index (χ3n) is 3.35. The van der Waals surface area contributed by atoms with Crippen LogP contribution < -0.4 is 10.6 Å². The van der Waals surface area contributed by atoms with E-state index in [-0.39, 0.29) is 23.9 Å². The zero-order valence-corrected chi connectivity index (χ0v) is 9.66. The van der Waals surface area contributed by atoms with Gasteiger partial charge in [-0.1, -0.05) is 0 Å². The summed E-state index contributed by atoms with van der Waals surface area (Å²) in [6.07, 6.45) is 3.30. The average molecular weight is 225 g/mol. The molecule has 2 saturated heterocycles. The molecule has 2 atom stereocenters. The van der Waals surface area contributed by atoms with E-state index in [1.54, 1.807) is 4.90 Å². The lowest BCUT2D eigenvalue weighted by Crippen LogP contribution is -2.44. The highest BCUT2D eigenvalue weighted by Gasteiger charge is 2.31. The third kappa shape index (κ3) is 2.52. The molecule has 2 aliphatic rings. The van der Waals surface area contributed by atoms with E-state index in [2.05, 4.69) is 10.6 Å². The Morgan fingerprint density at radius 1 is 1.38 bits per heavy atom. The van der Waals surface area contributed by atoms with E-state index in [0.29, 0.717) is 6.42 Å². The van der Waals surface area contributed by atoms with Crippen LogP contribution in [0.1, 0.15) is 25.7 Å². The molecular weight excluding hydrogens is 206 g/mol. The van der Waals surface area contributed by atoms with Crippen molar-refractivity contribution in [3.63, 3.8) is 0 Å². The molecule has 2 rings (SSSR count). The number of amides is 2. The number of rotatable bonds is 2. The zero-order valence-electron chi connectivity index (χ0n) is 9.66. The van der Waals surface area contributed by atoms with E-state index in [9.17, 15) is 9.59 Å². The quantitative estimate of drug-likeness (QED) is 0.664. The Labute approximate surface area is 95.6 Å². The molecule has 2 N–H and O–H groups in total. The molecule has 0 aliphatic carbocycles. The number of carbonyl (C=O) groups excluding carboxylic acids is 2. The third-order valence-corrected chi connectivity index (χ3v) is 3.35. The van der Waals surface area contributed by atoms with Gasteiger partial charge in [-0.15, -0.1) is 0 Å². The molecule has 0 spiro atoms. The molecule has 0 aromatic rings. The summed E-state index contributed by atoms with van der Waals surface area (Å²) >= 11 is 0. The molecule has 2 unspecified atom stereocenters. The zero-order chi connectivity index (χ0) is 11.5. The summed E-state index contributed by atoms with van der Waals surface area (Å²) in [5.41, 5.74) is 0. The Bertz CT molecular complexity index is 293. The highest BCUT2D eigenvalue weighted by molar-refractivity contribution is 5.84. The Kier molecular flexibility index (Phi) is 3.43. The van der Waals surface area contributed by atoms with Crippen molar-refractivity contribution in [1.82, 2.24) is 15.5 Å². The molecule has 2 fully saturated rings. The van der Waals surface area contributed by atoms with Crippen LogP contribution in [0.3, 0.4) is 0 Å². The van der Waals surface area contributed by atoms with Gasteiger partial charge in [-0.05, 0) is 19.3 Å². The van der Waals surface area contributed by atoms with Gasteiger partial charge in [0, 0.05) is 32.6 Å². The molecule has 0 bridgehead atoms. The molecule has 90 valence electrons. The van der Waals surface area contributed by atoms with E-state index in [4.69, 9.17) is 0 Å². The molecule has 5 heteroatoms. The second-order valence-corrected chi connectivity index (χ2v) is 4.66. The van der Waals surface area contributed by atoms with E-state index in [1.807, 2.05) is 7.05 Å². The second-order valence-electron chi connectivity index (χ2n) is 4.66. The van der Waals surface area contributed by atoms with Gasteiger partial charge in [-0.3, -0.25) is 9.59 Å². The van der Waals surface area contributed by atoms with Gasteiger partial charge in [-0.25, -0.2) is 0 Å². The average Bonchev–Trinajstić information content (AvgIpc) is 2.48. The van der Waals surface area contributed by atoms with Crippen LogP contribution in [0.15, 0.2) is 0 Å². The van der Waals surface area contributed by atoms with Gasteiger partial charge in [0.05, 0.1) is 6.04 Å². The SMILES string of the molecule is CN1CCC(NC2CCCNC(=O)C2)C1=O. The largest absolute Gasteiger partial charge is 0.356 e. The van der Waals surface area contributed by atoms with Crippen molar-refractivity contribution in [2.45, 2.75) is 37.8 Å². The van der Waals surface area contributed by atoms with Crippen LogP contribution in [0.5, 0.6) is 0 Å². The standard InChI is InChI=1S/C11H19N3O2/c1-14-6-4-9(11(14)16)13-8-3-2-5-12-10(15)7-8/h8-9,13H,2-7H2,1H3,(H,12,15). The highest BCUT2D eigenvalue weighted by Crippen LogP contribution is 2.13. The van der Waals surface area contributed by atoms with Crippen LogP contribution in [-0.2, 0) is 9.59 Å². The Balaban J connectivity index is 1.88. The second kappa shape index (κ2) is 4.82. The fourth-order valence-electron chi connectivity index (χ4n) is 2.38. The summed E-state index contributed by atoms with van der Waals surface area (Å²) < 4.78 is 0. The molecule has 0 aromatic carbocycles. The summed E-state index contributed by atoms with van der Waals surface area (Å²) in [6, 6.07) is 0.0730. The number of carbonyl (C=O) groups is 2. The Hall–Kier alpha value is -1.10. The van der Waals surface area contributed by atoms with E-state index in [1.165, 1.54) is 0 Å². The molecular formula is C11H19N3O2. The first-order chi connectivity index (χ1) is 7.66. The summed E-state index contributed by atoms with van der Waals surface area (Å²) in [6.45, 7) is 1.57. The summed E-state index contributed by atoms with van der Waals surface area (Å²) in [7, 11) is 1.82. The lowest BCUT2D eigenvalue weighted by Gasteiger charge is -2.19. The van der Waals surface area contributed by atoms with E-state index in [0.717, 1.165) is 32.4 Å². The van der Waals surface area contributed by atoms with Gasteiger partial charge in [0.1, 0.15) is 0 Å². The topological polar surface area (TPSA) is 61.4 Å². The number of nitrogens with one attached hydrogen (secondary N) is 2. The molecule has 0 saturated carbocycles. The smallest absolute Gasteiger partial charge is 0.239 e. The van der Waals surface area contributed by atoms with Crippen LogP contribution >= 0.6 is 0 Å². The predicted molar refractivity (Wildman–Crippen MR) is 59.8 cm³/mol. The van der Waals surface area contributed by atoms with Crippen molar-refractivity contribution in [1.29, 1.82) is 0 Å². The molecule has 16 heavy (non-hydrogen) atoms. The van der Waals surface area contributed by atoms with Crippen molar-refractivity contribution < 1.29 is 9.59 Å². The molecule has 2 aliphatic heterocycles. The molecule has 0 aromatic heterocycles. The van der Waals surface area contributed by atoms with Crippen molar-refractivity contribution in [3.8, 4) is 0 Å². The molecule has 5 nitrogen and oxygen atoms in total. The maximum atomic E-state index is 11.7. The van der Waals surface area contributed by atoms with Crippen molar-refractivity contribution in [2.24, 2.45) is 0 Å². The van der Waals surface area contributed by atoms with Gasteiger partial charge in [0.2, 0.25) is 11.8 Å². The maximum Gasteiger partial charge on any atom is 0.239 e. The first kappa shape index (κ1) is 11.4. The number of hydrogen-bond donors (Lipinski definition) is 2. The monoisotopic (exact) mass is 225 g/mol.